The van der Waals surface area contributed by atoms with Crippen molar-refractivity contribution in [2.24, 2.45) is 0 Å². The topological polar surface area (TPSA) is 114 Å². The standard InChI is InChI=1S/C22H16N4O2S2.C2HF3O2/c27-30(28,25-22-24-11-13-29-22)19-6-7-20-16(14-19)8-10-23-21(20)17-9-12-26(15-17)18-4-2-1-3-5-18;3-2(4,5)1(6)7/h1-15H,(H,24,25);(H,6,7). The number of aliphatic carboxylic acids is 1. The van der Waals surface area contributed by atoms with E-state index in [4.69, 9.17) is 9.90 Å². The average molecular weight is 547 g/mol. The third-order valence-corrected chi connectivity index (χ3v) is 7.12. The van der Waals surface area contributed by atoms with Crippen LogP contribution in [-0.4, -0.2) is 40.2 Å². The van der Waals surface area contributed by atoms with Gasteiger partial charge in [0.2, 0.25) is 0 Å². The van der Waals surface area contributed by atoms with Gasteiger partial charge < -0.3 is 9.67 Å². The summed E-state index contributed by atoms with van der Waals surface area (Å²) in [7, 11) is -3.71. The van der Waals surface area contributed by atoms with Gasteiger partial charge in [-0.3, -0.25) is 9.71 Å². The van der Waals surface area contributed by atoms with Gasteiger partial charge in [0, 0.05) is 46.8 Å². The largest absolute Gasteiger partial charge is 0.490 e. The predicted octanol–water partition coefficient (Wildman–Crippen LogP) is 5.58. The fourth-order valence-electron chi connectivity index (χ4n) is 3.30. The Balaban J connectivity index is 0.000000405. The highest BCUT2D eigenvalue weighted by Crippen LogP contribution is 2.30. The number of nitrogens with zero attached hydrogens (tertiary/aromatic N) is 3. The molecule has 0 amide bonds. The molecule has 0 aliphatic carbocycles. The minimum absolute atomic E-state index is 0.184. The van der Waals surface area contributed by atoms with E-state index in [1.807, 2.05) is 59.4 Å². The molecule has 0 fully saturated rings. The summed E-state index contributed by atoms with van der Waals surface area (Å²) in [6.45, 7) is 0. The van der Waals surface area contributed by atoms with Crippen molar-refractivity contribution in [2.45, 2.75) is 11.1 Å². The Hall–Kier alpha value is -4.23. The van der Waals surface area contributed by atoms with Gasteiger partial charge in [-0.15, -0.1) is 11.3 Å². The second-order valence-corrected chi connectivity index (χ2v) is 10.0. The number of alkyl halides is 3. The molecule has 5 aromatic rings. The van der Waals surface area contributed by atoms with Crippen molar-refractivity contribution >= 4 is 43.2 Å². The number of sulfonamides is 1. The van der Waals surface area contributed by atoms with Gasteiger partial charge in [-0.1, -0.05) is 24.3 Å². The molecule has 0 aliphatic rings. The lowest BCUT2D eigenvalue weighted by atomic mass is 10.1. The maximum atomic E-state index is 12.7. The fourth-order valence-corrected chi connectivity index (χ4v) is 5.12. The lowest BCUT2D eigenvalue weighted by Crippen LogP contribution is -2.21. The van der Waals surface area contributed by atoms with Gasteiger partial charge in [-0.2, -0.15) is 13.2 Å². The maximum Gasteiger partial charge on any atom is 0.490 e. The zero-order valence-electron chi connectivity index (χ0n) is 18.6. The monoisotopic (exact) mass is 546 g/mol. The molecule has 0 radical (unpaired) electrons. The van der Waals surface area contributed by atoms with Crippen molar-refractivity contribution < 1.29 is 31.5 Å². The van der Waals surface area contributed by atoms with Gasteiger partial charge in [-0.25, -0.2) is 18.2 Å². The van der Waals surface area contributed by atoms with Crippen LogP contribution in [0.25, 0.3) is 27.7 Å². The number of carboxylic acids is 1. The molecular formula is C24H17F3N4O4S2. The van der Waals surface area contributed by atoms with Crippen LogP contribution in [0.5, 0.6) is 0 Å². The maximum absolute atomic E-state index is 12.7. The summed E-state index contributed by atoms with van der Waals surface area (Å²) in [6, 6.07) is 18.9. The highest BCUT2D eigenvalue weighted by molar-refractivity contribution is 7.93. The summed E-state index contributed by atoms with van der Waals surface area (Å²) in [5.74, 6) is -2.76. The molecule has 3 heterocycles. The van der Waals surface area contributed by atoms with E-state index in [-0.39, 0.29) is 4.90 Å². The number of hydrogen-bond donors (Lipinski definition) is 2. The van der Waals surface area contributed by atoms with Gasteiger partial charge in [0.1, 0.15) is 0 Å². The number of carboxylic acid groups (broad SMARTS) is 1. The van der Waals surface area contributed by atoms with Crippen LogP contribution in [-0.2, 0) is 14.8 Å². The van der Waals surface area contributed by atoms with Gasteiger partial charge in [0.15, 0.2) is 5.13 Å². The summed E-state index contributed by atoms with van der Waals surface area (Å²) in [5.41, 5.74) is 2.82. The number of aromatic nitrogens is 3. The summed E-state index contributed by atoms with van der Waals surface area (Å²) in [4.78, 5) is 17.6. The van der Waals surface area contributed by atoms with Crippen molar-refractivity contribution in [3.8, 4) is 16.9 Å². The van der Waals surface area contributed by atoms with E-state index in [1.54, 1.807) is 36.0 Å². The second kappa shape index (κ2) is 10.4. The Kier molecular flexibility index (Phi) is 7.27. The summed E-state index contributed by atoms with van der Waals surface area (Å²) >= 11 is 1.23. The van der Waals surface area contributed by atoms with Crippen LogP contribution in [0.3, 0.4) is 0 Å². The quantitative estimate of drug-likeness (QED) is 0.297. The number of pyridine rings is 1. The Morgan fingerprint density at radius 3 is 2.38 bits per heavy atom. The lowest BCUT2D eigenvalue weighted by molar-refractivity contribution is -0.192. The molecule has 190 valence electrons. The fraction of sp³-hybridized carbons (Fsp3) is 0.0417. The van der Waals surface area contributed by atoms with Crippen LogP contribution < -0.4 is 4.72 Å². The van der Waals surface area contributed by atoms with Crippen molar-refractivity contribution in [3.63, 3.8) is 0 Å². The first-order valence-corrected chi connectivity index (χ1v) is 12.8. The van der Waals surface area contributed by atoms with Crippen molar-refractivity contribution in [1.29, 1.82) is 0 Å². The zero-order valence-corrected chi connectivity index (χ0v) is 20.3. The first-order chi connectivity index (χ1) is 17.5. The van der Waals surface area contributed by atoms with E-state index in [0.29, 0.717) is 5.13 Å². The highest BCUT2D eigenvalue weighted by atomic mass is 32.2. The van der Waals surface area contributed by atoms with Crippen LogP contribution >= 0.6 is 11.3 Å². The van der Waals surface area contributed by atoms with Gasteiger partial charge in [-0.05, 0) is 41.8 Å². The third kappa shape index (κ3) is 6.13. The first-order valence-electron chi connectivity index (χ1n) is 10.4. The van der Waals surface area contributed by atoms with E-state index < -0.39 is 22.2 Å². The molecular weight excluding hydrogens is 529 g/mol. The number of hydrogen-bond acceptors (Lipinski definition) is 6. The number of nitrogens with one attached hydrogen (secondary N) is 1. The molecule has 3 aromatic heterocycles. The van der Waals surface area contributed by atoms with Crippen molar-refractivity contribution in [2.75, 3.05) is 4.72 Å². The number of para-hydroxylation sites is 1. The molecule has 0 saturated carbocycles. The Morgan fingerprint density at radius 1 is 1.00 bits per heavy atom. The summed E-state index contributed by atoms with van der Waals surface area (Å²) in [6.07, 6.45) is 2.18. The average Bonchev–Trinajstić information content (AvgIpc) is 3.56. The van der Waals surface area contributed by atoms with Crippen LogP contribution in [0, 0.1) is 0 Å². The van der Waals surface area contributed by atoms with Crippen LogP contribution in [0.15, 0.2) is 95.7 Å². The molecule has 13 heteroatoms. The van der Waals surface area contributed by atoms with Crippen molar-refractivity contribution in [1.82, 2.24) is 14.5 Å². The number of carbonyl (C=O) groups is 1. The number of fused-ring (bicyclic) bond motifs is 1. The molecule has 2 aromatic carbocycles. The Bertz CT molecular complexity index is 1640. The molecule has 5 rings (SSSR count). The summed E-state index contributed by atoms with van der Waals surface area (Å²) < 4.78 is 61.7. The van der Waals surface area contributed by atoms with Gasteiger partial charge in [0.25, 0.3) is 10.0 Å². The van der Waals surface area contributed by atoms with Crippen LogP contribution in [0.4, 0.5) is 18.3 Å². The zero-order chi connectivity index (χ0) is 26.6. The van der Waals surface area contributed by atoms with E-state index in [1.165, 1.54) is 11.3 Å². The molecule has 0 saturated heterocycles. The predicted molar refractivity (Wildman–Crippen MR) is 133 cm³/mol. The van der Waals surface area contributed by atoms with Crippen molar-refractivity contribution in [3.05, 3.63) is 90.8 Å². The first kappa shape index (κ1) is 25.9. The van der Waals surface area contributed by atoms with Gasteiger partial charge in [0.05, 0.1) is 10.6 Å². The minimum Gasteiger partial charge on any atom is -0.475 e. The molecule has 2 N–H and O–H groups in total. The molecule has 0 aliphatic heterocycles. The highest BCUT2D eigenvalue weighted by Gasteiger charge is 2.38. The van der Waals surface area contributed by atoms with Gasteiger partial charge >= 0.3 is 12.1 Å². The van der Waals surface area contributed by atoms with Crippen LogP contribution in [0.2, 0.25) is 0 Å². The number of benzene rings is 2. The smallest absolute Gasteiger partial charge is 0.475 e. The third-order valence-electron chi connectivity index (χ3n) is 4.96. The molecule has 0 unspecified atom stereocenters. The lowest BCUT2D eigenvalue weighted by Gasteiger charge is -2.08. The molecule has 37 heavy (non-hydrogen) atoms. The normalized spacial score (nSPS) is 11.5. The number of thiazole rings is 1. The Labute approximate surface area is 212 Å². The summed E-state index contributed by atoms with van der Waals surface area (Å²) in [5, 5.41) is 10.9. The van der Waals surface area contributed by atoms with E-state index in [9.17, 15) is 21.6 Å². The Morgan fingerprint density at radius 2 is 1.73 bits per heavy atom. The second-order valence-electron chi connectivity index (χ2n) is 7.43. The SMILES string of the molecule is O=C(O)C(F)(F)F.O=S(=O)(Nc1nccs1)c1ccc2c(-c3ccn(-c4ccccc4)c3)nccc2c1. The van der Waals surface area contributed by atoms with E-state index in [0.717, 1.165) is 27.7 Å². The van der Waals surface area contributed by atoms with E-state index >= 15 is 0 Å². The molecule has 0 spiro atoms. The van der Waals surface area contributed by atoms with E-state index in [2.05, 4.69) is 14.7 Å². The molecule has 8 nitrogen and oxygen atoms in total. The number of halogens is 3. The minimum atomic E-state index is -5.08. The number of anilines is 1. The molecule has 0 bridgehead atoms. The molecule has 0 atom stereocenters. The number of rotatable bonds is 5. The van der Waals surface area contributed by atoms with Crippen LogP contribution in [0.1, 0.15) is 0 Å².